The van der Waals surface area contributed by atoms with E-state index in [-0.39, 0.29) is 84.4 Å². The number of hydrogen-bond acceptors (Lipinski definition) is 47. The fourth-order valence-electron chi connectivity index (χ4n) is 14.0. The summed E-state index contributed by atoms with van der Waals surface area (Å²) in [7, 11) is -32.0. The number of nitrogens with one attached hydrogen (secondary N) is 8. The smallest absolute Gasteiger partial charge is 0.399 e. The average molecular weight is 2050 g/mol. The topological polar surface area (TPSA) is 941 Å². The highest BCUT2D eigenvalue weighted by atomic mass is 32.3. The molecule has 6 fully saturated rings. The lowest BCUT2D eigenvalue weighted by atomic mass is 9.97. The van der Waals surface area contributed by atoms with Crippen LogP contribution in [0, 0.1) is 0 Å². The Labute approximate surface area is 752 Å². The highest BCUT2D eigenvalue weighted by molar-refractivity contribution is 8.00. The van der Waals surface area contributed by atoms with Crippen molar-refractivity contribution >= 4 is 121 Å². The summed E-state index contributed by atoms with van der Waals surface area (Å²) in [5.74, 6) is -5.30. The number of urea groups is 1. The molecule has 61 nitrogen and oxygen atoms in total. The van der Waals surface area contributed by atoms with Crippen LogP contribution in [0.15, 0.2) is 48.5 Å². The first-order valence-electron chi connectivity index (χ1n) is 38.5. The minimum Gasteiger partial charge on any atom is -0.479 e. The van der Waals surface area contributed by atoms with Crippen molar-refractivity contribution in [1.82, 2.24) is 35.6 Å². The summed E-state index contributed by atoms with van der Waals surface area (Å²) in [6.07, 6.45) is -62.7. The van der Waals surface area contributed by atoms with Gasteiger partial charge in [0.1, 0.15) is 97.5 Å². The number of carbonyl (C=O) groups is 6. The maximum atomic E-state index is 13.9. The number of ether oxygens (including phenoxy) is 10. The summed E-state index contributed by atoms with van der Waals surface area (Å²) >= 11 is 1.67. The predicted molar refractivity (Wildman–Crippen MR) is 425 cm³/mol. The minimum absolute atomic E-state index is 0.0284. The molecule has 6 heterocycles. The molecular formula is C64H99N9O52S7. The molecule has 0 saturated carbocycles. The third-order valence-electron chi connectivity index (χ3n) is 20.4. The molecule has 754 valence electrons. The Morgan fingerprint density at radius 2 is 0.848 bits per heavy atom. The Morgan fingerprint density at radius 3 is 1.20 bits per heavy atom. The van der Waals surface area contributed by atoms with Gasteiger partial charge in [-0.2, -0.15) is 71.7 Å². The Hall–Kier alpha value is -6.65. The van der Waals surface area contributed by atoms with Gasteiger partial charge in [-0.25, -0.2) is 31.1 Å². The van der Waals surface area contributed by atoms with Gasteiger partial charge in [0.05, 0.1) is 37.5 Å². The number of aliphatic hydroxyl groups is 12. The Bertz CT molecular complexity index is 4650. The molecule has 0 bridgehead atoms. The zero-order chi connectivity index (χ0) is 98.4. The SMILES string of the molecule is CO[C@@H]1[C@@H](OS(=O)(=O)O)OC(O[C@H]2[C@H](O)[C@@H](OS(=O)(=O)O)C(OC[C@@H](O)[C@@H](O)[C@H](O)[C@@H](O)CNc3ccc(C(=O)NCCN(CCNC(=O)c4ccc(NC[C@H](O)[C@@H](O)[C@H](O)[C@H](O)COC5O[C@@H](C(=O)O)[C@@H](OC6O[C@H](OS(=O)(=O)O)[C@@H](OC)[C@H](O)[C@H]6NS(=O)(=O)O)[C@H](O)[C@H]5OS(=O)(=O)O)cc4)C(=O)CCCCC4SCC5NC(=O)NC54)cc3)O[C@H]2C(=O)O)[C@H](NS(=O)(=O)O)[C@H]1O. The second-order valence-corrected chi connectivity index (χ2v) is 37.5. The molecule has 2 aromatic rings. The number of carboxylic acids is 2. The third kappa shape index (κ3) is 32.2. The lowest BCUT2D eigenvalue weighted by Gasteiger charge is -2.46. The van der Waals surface area contributed by atoms with E-state index >= 15 is 0 Å². The van der Waals surface area contributed by atoms with Crippen molar-refractivity contribution in [2.45, 2.75) is 215 Å². The molecule has 6 aliphatic heterocycles. The van der Waals surface area contributed by atoms with E-state index in [4.69, 9.17) is 47.4 Å². The van der Waals surface area contributed by atoms with Crippen LogP contribution in [0.3, 0.4) is 0 Å². The van der Waals surface area contributed by atoms with Crippen LogP contribution < -0.4 is 41.3 Å². The summed E-state index contributed by atoms with van der Waals surface area (Å²) in [5, 5.41) is 168. The van der Waals surface area contributed by atoms with Crippen LogP contribution in [-0.2, 0) is 141 Å². The number of thioether (sulfide) groups is 1. The standard InChI is InChI=1S/C64H99N9O52S7/c1-112-48-42(83)36(71-127(94,95)96)58(120-62(48)124-131(106,107)108)116-46-44(85)50(122-129(100,101)102)60(118-52(46)56(89)90)114-21-31(76)40(81)38(79)29(74)19-67-26-11-7-24(8-12-26)54(87)65-15-17-73(34(78)6-4-3-5-33-35-28(23-126-33)69-64(93)70-35)18-16-66-55(88)25-9-13-27(14-10-25)68-20-30(75)39(80)41(82)32(77)22-115-61-51(123-130(103,104)105)45(86)47(53(119-61)57(91)92)117-59-37(72-128(97,98)99)43(84)49(113-2)63(121-59)125-132(109,110)111/h7-14,28-33,35-53,58-63,67-68,71-72,74-77,79-86H,3-6,15-23H2,1-2H3,(H,65,87)(H,66,88)(H,89,90)(H,91,92)(H2,69,70,93)(H,94,95,96)(H,97,98,99)(H,100,101,102)(H,103,104,105)(H,106,107,108)(H,109,110,111)/t28?,29-,30-,31+,32+,33?,35?,36+,37+,38+,39+,40+,41+,42+,43+,44-,45-,46-,47-,48-,49-,50+,51+,52+,53+,58?,59?,60?,61?,62+,63+/m0/s1. The second-order valence-electron chi connectivity index (χ2n) is 29.7. The molecule has 0 aliphatic carbocycles. The first-order chi connectivity index (χ1) is 61.3. The monoisotopic (exact) mass is 2050 g/mol. The van der Waals surface area contributed by atoms with Crippen molar-refractivity contribution < 1.29 is 242 Å². The fourth-order valence-corrected chi connectivity index (χ4v) is 18.5. The molecule has 132 heavy (non-hydrogen) atoms. The van der Waals surface area contributed by atoms with Gasteiger partial charge in [-0.1, -0.05) is 6.42 Å². The Balaban J connectivity index is 0.812. The van der Waals surface area contributed by atoms with Crippen LogP contribution in [0.5, 0.6) is 0 Å². The van der Waals surface area contributed by atoms with Crippen molar-refractivity contribution in [3.05, 3.63) is 59.7 Å². The van der Waals surface area contributed by atoms with Crippen LogP contribution in [0.25, 0.3) is 0 Å². The highest BCUT2D eigenvalue weighted by Gasteiger charge is 2.60. The highest BCUT2D eigenvalue weighted by Crippen LogP contribution is 2.38. The van der Waals surface area contributed by atoms with Crippen LogP contribution in [0.1, 0.15) is 46.4 Å². The van der Waals surface area contributed by atoms with Gasteiger partial charge in [0.25, 0.3) is 11.8 Å². The molecule has 5 amide bonds. The zero-order valence-electron chi connectivity index (χ0n) is 68.0. The van der Waals surface area contributed by atoms with E-state index in [9.17, 15) is 178 Å². The fraction of sp³-hybridized carbons (Fsp3) is 0.719. The van der Waals surface area contributed by atoms with Gasteiger partial charge in [0, 0.05) is 93.4 Å². The van der Waals surface area contributed by atoms with Crippen molar-refractivity contribution in [3.8, 4) is 0 Å². The molecule has 8 rings (SSSR count). The number of carbonyl (C=O) groups excluding carboxylic acids is 4. The molecule has 0 aromatic heterocycles. The van der Waals surface area contributed by atoms with Crippen LogP contribution in [0.2, 0.25) is 0 Å². The summed E-state index contributed by atoms with van der Waals surface area (Å²) in [4.78, 5) is 79.4. The Kier molecular flexibility index (Phi) is 39.9. The maximum absolute atomic E-state index is 13.9. The molecule has 31 atom stereocenters. The average Bonchev–Trinajstić information content (AvgIpc) is 1.01. The number of methoxy groups -OCH3 is 2. The summed E-state index contributed by atoms with van der Waals surface area (Å²) in [6.45, 7) is -4.42. The van der Waals surface area contributed by atoms with Gasteiger partial charge in [0.2, 0.25) is 18.5 Å². The number of amides is 5. The van der Waals surface area contributed by atoms with Gasteiger partial charge in [0.15, 0.2) is 49.6 Å². The zero-order valence-corrected chi connectivity index (χ0v) is 73.7. The van der Waals surface area contributed by atoms with Crippen LogP contribution in [0.4, 0.5) is 16.2 Å². The van der Waals surface area contributed by atoms with Gasteiger partial charge >= 0.3 is 80.2 Å². The van der Waals surface area contributed by atoms with Crippen molar-refractivity contribution in [1.29, 1.82) is 0 Å². The number of benzene rings is 2. The lowest BCUT2D eigenvalue weighted by Crippen LogP contribution is -2.68. The molecule has 7 unspecified atom stereocenters. The van der Waals surface area contributed by atoms with Crippen molar-refractivity contribution in [2.24, 2.45) is 0 Å². The summed E-state index contributed by atoms with van der Waals surface area (Å²) < 4.78 is 271. The number of nitrogens with zero attached hydrogens (tertiary/aromatic N) is 1. The van der Waals surface area contributed by atoms with Crippen molar-refractivity contribution in [2.75, 3.05) is 83.1 Å². The summed E-state index contributed by atoms with van der Waals surface area (Å²) in [6, 6.07) is 5.39. The molecule has 0 radical (unpaired) electrons. The van der Waals surface area contributed by atoms with E-state index in [1.807, 2.05) is 0 Å². The largest absolute Gasteiger partial charge is 0.479 e. The molecule has 0 spiro atoms. The maximum Gasteiger partial charge on any atom is 0.399 e. The quantitative estimate of drug-likeness (QED) is 0.0166. The van der Waals surface area contributed by atoms with E-state index in [2.05, 4.69) is 48.6 Å². The van der Waals surface area contributed by atoms with Gasteiger partial charge in [-0.05, 0) is 61.4 Å². The third-order valence-corrected chi connectivity index (χ3v) is 24.9. The molecule has 6 saturated heterocycles. The van der Waals surface area contributed by atoms with Crippen LogP contribution in [-0.4, -0.2) is 452 Å². The normalized spacial score (nSPS) is 30.9. The number of carboxylic acid groups (broad SMARTS) is 2. The lowest BCUT2D eigenvalue weighted by molar-refractivity contribution is -0.355. The van der Waals surface area contributed by atoms with E-state index in [1.54, 1.807) is 11.8 Å². The molecule has 2 aromatic carbocycles. The Morgan fingerprint density at radius 1 is 0.477 bits per heavy atom. The number of aliphatic carboxylic acids is 2. The van der Waals surface area contributed by atoms with Gasteiger partial charge in [-0.15, -0.1) is 0 Å². The van der Waals surface area contributed by atoms with E-state index in [0.29, 0.717) is 25.0 Å². The minimum atomic E-state index is -5.78. The predicted octanol–water partition coefficient (Wildman–Crippen LogP) is -13.1. The van der Waals surface area contributed by atoms with E-state index < -0.39 is 284 Å². The number of aliphatic hydroxyl groups excluding tert-OH is 12. The number of anilines is 2. The summed E-state index contributed by atoms with van der Waals surface area (Å²) in [5.41, 5.74) is 0.453. The molecule has 6 aliphatic rings. The number of hydrogen-bond donors (Lipinski definition) is 28. The van der Waals surface area contributed by atoms with Crippen molar-refractivity contribution in [3.63, 3.8) is 0 Å². The number of unbranched alkanes of at least 4 members (excludes halogenated alkanes) is 1. The number of rotatable bonds is 51. The van der Waals surface area contributed by atoms with E-state index in [1.165, 1.54) is 62.9 Å². The van der Waals surface area contributed by atoms with Gasteiger partial charge in [-0.3, -0.25) is 41.7 Å². The van der Waals surface area contributed by atoms with Crippen LogP contribution >= 0.6 is 11.8 Å². The first-order valence-corrected chi connectivity index (χ1v) is 47.9. The first kappa shape index (κ1) is 111. The number of fused-ring (bicyclic) bond motifs is 1. The van der Waals surface area contributed by atoms with E-state index in [0.717, 1.165) is 14.2 Å². The second kappa shape index (κ2) is 47.6. The molecular weight excluding hydrogens is 1950 g/mol. The molecule has 68 heteroatoms. The molecule has 28 N–H and O–H groups in total. The van der Waals surface area contributed by atoms with Gasteiger partial charge < -0.3 is 156 Å².